The molecule has 2 aromatic carbocycles. The Morgan fingerprint density at radius 3 is 1.78 bits per heavy atom. The zero-order valence-electron chi connectivity index (χ0n) is 10.7. The van der Waals surface area contributed by atoms with Crippen LogP contribution in [0.3, 0.4) is 0 Å². The molecule has 0 aliphatic carbocycles. The Bertz CT molecular complexity index is 538. The maximum atomic E-state index is 11.8. The predicted octanol–water partition coefficient (Wildman–Crippen LogP) is 3.77. The average Bonchev–Trinajstić information content (AvgIpc) is 2.39. The second-order valence-electron chi connectivity index (χ2n) is 4.72. The van der Waals surface area contributed by atoms with E-state index in [1.165, 1.54) is 0 Å². The van der Waals surface area contributed by atoms with Gasteiger partial charge in [0.05, 0.1) is 0 Å². The van der Waals surface area contributed by atoms with Crippen molar-refractivity contribution in [3.63, 3.8) is 0 Å². The monoisotopic (exact) mass is 239 g/mol. The summed E-state index contributed by atoms with van der Waals surface area (Å²) in [6.07, 6.45) is 0. The summed E-state index contributed by atoms with van der Waals surface area (Å²) in [5.74, 6) is 0.214. The number of nitrogens with two attached hydrogens (primary N) is 1. The number of nitrogen functional groups attached to an aromatic ring is 1. The van der Waals surface area contributed by atoms with Crippen LogP contribution in [0.4, 0.5) is 5.69 Å². The molecule has 0 atom stereocenters. The summed E-state index contributed by atoms with van der Waals surface area (Å²) in [7, 11) is 0. The lowest BCUT2D eigenvalue weighted by atomic mass is 9.98. The van der Waals surface area contributed by atoms with Crippen molar-refractivity contribution < 1.29 is 4.79 Å². The fraction of sp³-hybridized carbons (Fsp3) is 0.188. The molecule has 2 aromatic rings. The standard InChI is InChI=1S/C16H17NO/c1-11(2)16(18)14-5-3-12(4-6-14)13-7-9-15(17)10-8-13/h3-11H,17H2,1-2H3. The van der Waals surface area contributed by atoms with Crippen molar-refractivity contribution in [3.05, 3.63) is 54.1 Å². The van der Waals surface area contributed by atoms with Gasteiger partial charge in [0.25, 0.3) is 0 Å². The normalized spacial score (nSPS) is 10.6. The first-order chi connectivity index (χ1) is 8.58. The molecule has 0 bridgehead atoms. The summed E-state index contributed by atoms with van der Waals surface area (Å²) in [5.41, 5.74) is 9.38. The minimum atomic E-state index is 0.0346. The Kier molecular flexibility index (Phi) is 3.47. The number of carbonyl (C=O) groups is 1. The topological polar surface area (TPSA) is 43.1 Å². The van der Waals surface area contributed by atoms with Gasteiger partial charge in [-0.3, -0.25) is 4.79 Å². The molecule has 2 N–H and O–H groups in total. The van der Waals surface area contributed by atoms with Gasteiger partial charge in [0.15, 0.2) is 5.78 Å². The summed E-state index contributed by atoms with van der Waals surface area (Å²) in [4.78, 5) is 11.8. The van der Waals surface area contributed by atoms with Gasteiger partial charge in [-0.1, -0.05) is 50.2 Å². The molecule has 0 fully saturated rings. The van der Waals surface area contributed by atoms with Crippen LogP contribution in [-0.4, -0.2) is 5.78 Å². The molecule has 0 amide bonds. The molecular weight excluding hydrogens is 222 g/mol. The number of carbonyl (C=O) groups excluding carboxylic acids is 1. The first-order valence-corrected chi connectivity index (χ1v) is 6.08. The highest BCUT2D eigenvalue weighted by Gasteiger charge is 2.09. The molecule has 0 saturated heterocycles. The molecule has 0 unspecified atom stereocenters. The number of benzene rings is 2. The van der Waals surface area contributed by atoms with Gasteiger partial charge in [-0.25, -0.2) is 0 Å². The molecule has 0 aliphatic rings. The Morgan fingerprint density at radius 2 is 1.33 bits per heavy atom. The van der Waals surface area contributed by atoms with Crippen LogP contribution in [0.2, 0.25) is 0 Å². The molecule has 2 rings (SSSR count). The molecule has 0 aromatic heterocycles. The summed E-state index contributed by atoms with van der Waals surface area (Å²) in [5, 5.41) is 0. The molecule has 2 heteroatoms. The van der Waals surface area contributed by atoms with E-state index in [9.17, 15) is 4.79 Å². The van der Waals surface area contributed by atoms with Gasteiger partial charge >= 0.3 is 0 Å². The van der Waals surface area contributed by atoms with Crippen molar-refractivity contribution in [3.8, 4) is 11.1 Å². The largest absolute Gasteiger partial charge is 0.399 e. The van der Waals surface area contributed by atoms with Crippen LogP contribution < -0.4 is 5.73 Å². The average molecular weight is 239 g/mol. The fourth-order valence-electron chi connectivity index (χ4n) is 1.84. The Hall–Kier alpha value is -2.09. The number of hydrogen-bond donors (Lipinski definition) is 1. The Labute approximate surface area is 107 Å². The molecule has 0 saturated carbocycles. The molecule has 2 nitrogen and oxygen atoms in total. The van der Waals surface area contributed by atoms with Gasteiger partial charge in [-0.05, 0) is 23.3 Å². The molecule has 0 heterocycles. The van der Waals surface area contributed by atoms with Crippen LogP contribution in [0.15, 0.2) is 48.5 Å². The lowest BCUT2D eigenvalue weighted by molar-refractivity contribution is 0.0939. The van der Waals surface area contributed by atoms with Crippen LogP contribution >= 0.6 is 0 Å². The highest BCUT2D eigenvalue weighted by molar-refractivity contribution is 5.97. The van der Waals surface area contributed by atoms with E-state index in [-0.39, 0.29) is 11.7 Å². The SMILES string of the molecule is CC(C)C(=O)c1ccc(-c2ccc(N)cc2)cc1. The Balaban J connectivity index is 2.27. The van der Waals surface area contributed by atoms with Crippen LogP contribution in [0.1, 0.15) is 24.2 Å². The second-order valence-corrected chi connectivity index (χ2v) is 4.72. The summed E-state index contributed by atoms with van der Waals surface area (Å²) >= 11 is 0. The maximum Gasteiger partial charge on any atom is 0.165 e. The first-order valence-electron chi connectivity index (χ1n) is 6.08. The molecule has 0 spiro atoms. The van der Waals surface area contributed by atoms with E-state index in [1.807, 2.05) is 62.4 Å². The minimum absolute atomic E-state index is 0.0346. The van der Waals surface area contributed by atoms with E-state index in [2.05, 4.69) is 0 Å². The third-order valence-corrected chi connectivity index (χ3v) is 2.94. The zero-order chi connectivity index (χ0) is 13.1. The van der Waals surface area contributed by atoms with Crippen LogP contribution in [0, 0.1) is 5.92 Å². The summed E-state index contributed by atoms with van der Waals surface area (Å²) < 4.78 is 0. The summed E-state index contributed by atoms with van der Waals surface area (Å²) in [6, 6.07) is 15.4. The van der Waals surface area contributed by atoms with Gasteiger partial charge in [0.2, 0.25) is 0 Å². The van der Waals surface area contributed by atoms with E-state index >= 15 is 0 Å². The lowest BCUT2D eigenvalue weighted by Crippen LogP contribution is -2.06. The number of anilines is 1. The van der Waals surface area contributed by atoms with E-state index in [0.29, 0.717) is 0 Å². The highest BCUT2D eigenvalue weighted by Crippen LogP contribution is 2.21. The summed E-state index contributed by atoms with van der Waals surface area (Å²) in [6.45, 7) is 3.83. The molecule has 0 radical (unpaired) electrons. The lowest BCUT2D eigenvalue weighted by Gasteiger charge is -2.06. The van der Waals surface area contributed by atoms with E-state index < -0.39 is 0 Å². The van der Waals surface area contributed by atoms with Crippen LogP contribution in [0.5, 0.6) is 0 Å². The maximum absolute atomic E-state index is 11.8. The second kappa shape index (κ2) is 5.05. The zero-order valence-corrected chi connectivity index (χ0v) is 10.7. The third-order valence-electron chi connectivity index (χ3n) is 2.94. The van der Waals surface area contributed by atoms with E-state index in [1.54, 1.807) is 0 Å². The number of hydrogen-bond acceptors (Lipinski definition) is 2. The van der Waals surface area contributed by atoms with Gasteiger partial charge in [0, 0.05) is 17.2 Å². The molecular formula is C16H17NO. The van der Waals surface area contributed by atoms with Gasteiger partial charge in [-0.2, -0.15) is 0 Å². The first kappa shape index (κ1) is 12.4. The number of rotatable bonds is 3. The predicted molar refractivity (Wildman–Crippen MR) is 75.5 cm³/mol. The quantitative estimate of drug-likeness (QED) is 0.654. The van der Waals surface area contributed by atoms with Crippen molar-refractivity contribution in [2.24, 2.45) is 5.92 Å². The molecule has 0 aliphatic heterocycles. The van der Waals surface area contributed by atoms with Crippen LogP contribution in [-0.2, 0) is 0 Å². The van der Waals surface area contributed by atoms with Gasteiger partial charge in [0.1, 0.15) is 0 Å². The third kappa shape index (κ3) is 2.59. The van der Waals surface area contributed by atoms with Crippen molar-refractivity contribution in [1.82, 2.24) is 0 Å². The van der Waals surface area contributed by atoms with E-state index in [4.69, 9.17) is 5.73 Å². The van der Waals surface area contributed by atoms with Crippen LogP contribution in [0.25, 0.3) is 11.1 Å². The fourth-order valence-corrected chi connectivity index (χ4v) is 1.84. The van der Waals surface area contributed by atoms with Crippen molar-refractivity contribution in [2.45, 2.75) is 13.8 Å². The van der Waals surface area contributed by atoms with Crippen molar-refractivity contribution in [2.75, 3.05) is 5.73 Å². The number of ketones is 1. The van der Waals surface area contributed by atoms with E-state index in [0.717, 1.165) is 22.4 Å². The van der Waals surface area contributed by atoms with Gasteiger partial charge in [-0.15, -0.1) is 0 Å². The Morgan fingerprint density at radius 1 is 0.889 bits per heavy atom. The minimum Gasteiger partial charge on any atom is -0.399 e. The van der Waals surface area contributed by atoms with Gasteiger partial charge < -0.3 is 5.73 Å². The van der Waals surface area contributed by atoms with Crippen molar-refractivity contribution >= 4 is 11.5 Å². The number of Topliss-reactive ketones (excluding diaryl/α,β-unsaturated/α-hetero) is 1. The smallest absolute Gasteiger partial charge is 0.165 e. The molecule has 92 valence electrons. The highest BCUT2D eigenvalue weighted by atomic mass is 16.1. The molecule has 18 heavy (non-hydrogen) atoms. The van der Waals surface area contributed by atoms with Crippen molar-refractivity contribution in [1.29, 1.82) is 0 Å².